The molecule has 0 radical (unpaired) electrons. The molecule has 0 saturated carbocycles. The van der Waals surface area contributed by atoms with E-state index in [4.69, 9.17) is 0 Å². The fourth-order valence-electron chi connectivity index (χ4n) is 16.5. The number of nitrogens with zero attached hydrogens (tertiary/aromatic N) is 18. The standard InChI is InChI=1S/3C29H35F2N7O/c3*1-6-37-11-9-29(5,10-12-37)27(39)19-7-8-24(32-15-19)35-28-33-16-22(31)25(36-28)20-13-21(30)26-23(14-20)38(17(2)3)18(4)34-26/h3*7-8,13-17,27,39H,6,9-12H2,1-5H3,(H,32,33,35,36)/t2*27-;/m10./s1. The monoisotopic (exact) mass is 1610 g/mol. The van der Waals surface area contributed by atoms with Gasteiger partial charge in [0.25, 0.3) is 0 Å². The predicted octanol–water partition coefficient (Wildman–Crippen LogP) is 17.9. The van der Waals surface area contributed by atoms with E-state index in [1.54, 1.807) is 55.0 Å². The summed E-state index contributed by atoms with van der Waals surface area (Å²) in [5, 5.41) is 42.3. The predicted molar refractivity (Wildman–Crippen MR) is 443 cm³/mol. The van der Waals surface area contributed by atoms with Crippen molar-refractivity contribution in [3.8, 4) is 33.8 Å². The van der Waals surface area contributed by atoms with Crippen molar-refractivity contribution in [1.29, 1.82) is 0 Å². The number of piperidine rings is 3. The van der Waals surface area contributed by atoms with Crippen LogP contribution in [0.15, 0.2) is 110 Å². The van der Waals surface area contributed by atoms with Gasteiger partial charge in [-0.25, -0.2) is 86.2 Å². The summed E-state index contributed by atoms with van der Waals surface area (Å²) in [6.07, 6.45) is 11.7. The van der Waals surface area contributed by atoms with E-state index < -0.39 is 53.2 Å². The molecule has 0 spiro atoms. The minimum absolute atomic E-state index is 0.0270. The number of fused-ring (bicyclic) bond motifs is 3. The number of hydrogen-bond acceptors (Lipinski definition) is 21. The lowest BCUT2D eigenvalue weighted by atomic mass is 9.73. The highest BCUT2D eigenvalue weighted by molar-refractivity contribution is 5.85. The van der Waals surface area contributed by atoms with Crippen LogP contribution in [0.2, 0.25) is 0 Å². The van der Waals surface area contributed by atoms with Crippen molar-refractivity contribution in [2.75, 3.05) is 74.9 Å². The molecular formula is C87H105F6N21O3. The molecule has 3 atom stereocenters. The van der Waals surface area contributed by atoms with Gasteiger partial charge in [-0.1, -0.05) is 59.7 Å². The van der Waals surface area contributed by atoms with Crippen LogP contribution in [0.5, 0.6) is 0 Å². The van der Waals surface area contributed by atoms with Gasteiger partial charge in [-0.15, -0.1) is 0 Å². The first-order valence-corrected chi connectivity index (χ1v) is 40.3. The van der Waals surface area contributed by atoms with Gasteiger partial charge in [0.2, 0.25) is 17.8 Å². The Morgan fingerprint density at radius 1 is 0.350 bits per heavy atom. The highest BCUT2D eigenvalue weighted by Gasteiger charge is 2.40. The molecule has 12 heterocycles. The molecule has 618 valence electrons. The van der Waals surface area contributed by atoms with Gasteiger partial charge >= 0.3 is 0 Å². The summed E-state index contributed by atoms with van der Waals surface area (Å²) in [4.78, 5) is 58.7. The second-order valence-electron chi connectivity index (χ2n) is 32.8. The zero-order chi connectivity index (χ0) is 83.7. The number of aromatic nitrogens is 15. The number of hydrogen-bond donors (Lipinski definition) is 6. The van der Waals surface area contributed by atoms with Crippen LogP contribution in [0.1, 0.15) is 192 Å². The first-order chi connectivity index (χ1) is 55.8. The number of aliphatic hydroxyl groups is 3. The topological polar surface area (TPSA) is 276 Å². The van der Waals surface area contributed by atoms with E-state index in [0.717, 1.165) is 133 Å². The molecule has 0 bridgehead atoms. The van der Waals surface area contributed by atoms with E-state index >= 15 is 0 Å². The molecule has 30 heteroatoms. The Morgan fingerprint density at radius 3 is 0.812 bits per heavy atom. The number of halogens is 6. The van der Waals surface area contributed by atoms with Gasteiger partial charge < -0.3 is 59.7 Å². The van der Waals surface area contributed by atoms with Gasteiger partial charge in [0.15, 0.2) is 34.9 Å². The minimum atomic E-state index is -0.666. The number of likely N-dealkylation sites (tertiary alicyclic amines) is 3. The summed E-state index contributed by atoms with van der Waals surface area (Å²) in [5.74, 6) is 0.151. The number of pyridine rings is 3. The minimum Gasteiger partial charge on any atom is -0.388 e. The molecular weight excluding hydrogens is 1500 g/mol. The van der Waals surface area contributed by atoms with Crippen molar-refractivity contribution in [2.24, 2.45) is 16.2 Å². The zero-order valence-electron chi connectivity index (χ0n) is 69.1. The molecule has 1 unspecified atom stereocenters. The number of imidazole rings is 3. The number of aliphatic hydroxyl groups excluding tert-OH is 3. The van der Waals surface area contributed by atoms with E-state index in [2.05, 4.69) is 132 Å². The van der Waals surface area contributed by atoms with E-state index in [-0.39, 0.29) is 85.8 Å². The molecule has 3 fully saturated rings. The molecule has 3 aromatic carbocycles. The van der Waals surface area contributed by atoms with Gasteiger partial charge in [-0.05, 0) is 231 Å². The van der Waals surface area contributed by atoms with Crippen molar-refractivity contribution in [1.82, 2.24) is 88.2 Å². The third-order valence-electron chi connectivity index (χ3n) is 23.7. The summed E-state index contributed by atoms with van der Waals surface area (Å²) in [7, 11) is 0. The Bertz CT molecular complexity index is 4970. The SMILES string of the molecule is CCN1CCC(C)(C(O)c2ccc(Nc3ncc(F)c(-c4cc(F)c5nc(C)n(C(C)C)c5c4)n3)nc2)CC1.CCN1CCC(C)([C@@H](O)c2ccc(Nc3ncc(F)c(-c4cc(F)c5nc(C)n(C(C)C)c5c4)n3)nc2)CC1.CCN1CCC(C)([C@H](O)c2ccc(Nc3ncc(F)c(-c4cc(F)c5nc(C)n(C(C)C)c5c4)n3)nc2)CC1. The first kappa shape index (κ1) is 84.4. The van der Waals surface area contributed by atoms with Crippen LogP contribution in [-0.2, 0) is 0 Å². The molecule has 24 nitrogen and oxygen atoms in total. The van der Waals surface area contributed by atoms with Gasteiger partial charge in [0, 0.05) is 69.7 Å². The molecule has 0 aliphatic carbocycles. The summed E-state index contributed by atoms with van der Waals surface area (Å²) >= 11 is 0. The number of anilines is 6. The Balaban J connectivity index is 0.000000152. The maximum atomic E-state index is 15.0. The third-order valence-corrected chi connectivity index (χ3v) is 23.7. The van der Waals surface area contributed by atoms with Gasteiger partial charge in [0.1, 0.15) is 68.6 Å². The summed E-state index contributed by atoms with van der Waals surface area (Å²) < 4.78 is 95.2. The highest BCUT2D eigenvalue weighted by atomic mass is 19.1. The highest BCUT2D eigenvalue weighted by Crippen LogP contribution is 2.46. The van der Waals surface area contributed by atoms with Crippen LogP contribution in [0.25, 0.3) is 66.9 Å². The van der Waals surface area contributed by atoms with Crippen molar-refractivity contribution >= 4 is 68.4 Å². The molecule has 12 aromatic rings. The molecule has 3 aliphatic rings. The molecule has 9 aromatic heterocycles. The van der Waals surface area contributed by atoms with Gasteiger partial charge in [-0.3, -0.25) is 0 Å². The maximum Gasteiger partial charge on any atom is 0.229 e. The molecule has 6 N–H and O–H groups in total. The van der Waals surface area contributed by atoms with Crippen LogP contribution in [0.3, 0.4) is 0 Å². The Kier molecular flexibility index (Phi) is 25.2. The molecule has 117 heavy (non-hydrogen) atoms. The summed E-state index contributed by atoms with van der Waals surface area (Å²) in [6.45, 7) is 39.1. The molecule has 3 aliphatic heterocycles. The number of nitrogens with one attached hydrogen (secondary N) is 3. The summed E-state index contributed by atoms with van der Waals surface area (Å²) in [5.41, 5.74) is 4.86. The van der Waals surface area contributed by atoms with Crippen LogP contribution >= 0.6 is 0 Å². The van der Waals surface area contributed by atoms with Gasteiger partial charge in [-0.2, -0.15) is 0 Å². The van der Waals surface area contributed by atoms with Crippen molar-refractivity contribution in [3.05, 3.63) is 179 Å². The quantitative estimate of drug-likeness (QED) is 0.0365. The Hall–Kier alpha value is -10.5. The number of benzene rings is 3. The lowest BCUT2D eigenvalue weighted by Gasteiger charge is -2.42. The lowest BCUT2D eigenvalue weighted by molar-refractivity contribution is -0.0122. The first-order valence-electron chi connectivity index (χ1n) is 40.3. The van der Waals surface area contributed by atoms with Gasteiger partial charge in [0.05, 0.1) is 53.5 Å². The lowest BCUT2D eigenvalue weighted by Crippen LogP contribution is -2.41. The van der Waals surface area contributed by atoms with Crippen molar-refractivity contribution < 1.29 is 41.7 Å². The Morgan fingerprint density at radius 2 is 0.598 bits per heavy atom. The second-order valence-corrected chi connectivity index (χ2v) is 32.8. The average molecular weight is 1610 g/mol. The average Bonchev–Trinajstić information content (AvgIpc) is 1.64. The van der Waals surface area contributed by atoms with Crippen LogP contribution in [-0.4, -0.2) is 162 Å². The fourth-order valence-corrected chi connectivity index (χ4v) is 16.5. The van der Waals surface area contributed by atoms with E-state index in [9.17, 15) is 41.7 Å². The number of rotatable bonds is 21. The fraction of sp³-hybridized carbons (Fsp3) is 0.448. The maximum absolute atomic E-state index is 15.0. The normalized spacial score (nSPS) is 16.6. The summed E-state index contributed by atoms with van der Waals surface area (Å²) in [6, 6.07) is 19.7. The van der Waals surface area contributed by atoms with E-state index in [1.165, 1.54) is 18.2 Å². The zero-order valence-corrected chi connectivity index (χ0v) is 69.1. The molecule has 0 amide bonds. The third kappa shape index (κ3) is 18.0. The molecule has 3 saturated heterocycles. The van der Waals surface area contributed by atoms with Crippen molar-refractivity contribution in [2.45, 2.75) is 179 Å². The Labute approximate surface area is 677 Å². The molecule has 15 rings (SSSR count). The van der Waals surface area contributed by atoms with Crippen LogP contribution in [0.4, 0.5) is 61.6 Å². The van der Waals surface area contributed by atoms with E-state index in [0.29, 0.717) is 68.2 Å². The largest absolute Gasteiger partial charge is 0.388 e. The number of aryl methyl sites for hydroxylation is 3. The van der Waals surface area contributed by atoms with Crippen molar-refractivity contribution in [3.63, 3.8) is 0 Å². The van der Waals surface area contributed by atoms with Crippen LogP contribution < -0.4 is 16.0 Å². The second kappa shape index (κ2) is 35.0. The smallest absolute Gasteiger partial charge is 0.229 e. The van der Waals surface area contributed by atoms with E-state index in [1.807, 2.05) is 94.2 Å². The van der Waals surface area contributed by atoms with Crippen LogP contribution in [0, 0.1) is 71.9 Å².